The van der Waals surface area contributed by atoms with Gasteiger partial charge in [-0.05, 0) is 62.3 Å². The SMILES string of the molecule is CCCN(CC1CC1)C1CCC(=O)N(Cc2ccc(F)cc2)CC1. The number of likely N-dealkylation sites (tertiary alicyclic amines) is 1. The lowest BCUT2D eigenvalue weighted by molar-refractivity contribution is -0.131. The van der Waals surface area contributed by atoms with Crippen LogP contribution in [-0.4, -0.2) is 41.4 Å². The minimum absolute atomic E-state index is 0.226. The van der Waals surface area contributed by atoms with Crippen LogP contribution in [0, 0.1) is 11.7 Å². The number of nitrogens with zero attached hydrogens (tertiary/aromatic N) is 2. The molecule has 2 fully saturated rings. The molecule has 2 aliphatic rings. The zero-order valence-corrected chi connectivity index (χ0v) is 14.7. The van der Waals surface area contributed by atoms with Crippen LogP contribution in [0.5, 0.6) is 0 Å². The molecule has 0 aromatic heterocycles. The summed E-state index contributed by atoms with van der Waals surface area (Å²) in [5, 5.41) is 0. The summed E-state index contributed by atoms with van der Waals surface area (Å²) in [6, 6.07) is 7.04. The summed E-state index contributed by atoms with van der Waals surface area (Å²) in [6.07, 6.45) is 6.60. The maximum Gasteiger partial charge on any atom is 0.222 e. The molecule has 0 N–H and O–H groups in total. The first-order valence-corrected chi connectivity index (χ1v) is 9.42. The zero-order chi connectivity index (χ0) is 16.9. The van der Waals surface area contributed by atoms with E-state index in [0.29, 0.717) is 19.0 Å². The fraction of sp³-hybridized carbons (Fsp3) is 0.650. The van der Waals surface area contributed by atoms with E-state index < -0.39 is 0 Å². The minimum atomic E-state index is -0.226. The van der Waals surface area contributed by atoms with E-state index in [1.165, 1.54) is 37.9 Å². The van der Waals surface area contributed by atoms with Gasteiger partial charge in [0.05, 0.1) is 0 Å². The van der Waals surface area contributed by atoms with Gasteiger partial charge in [-0.2, -0.15) is 0 Å². The third kappa shape index (κ3) is 4.79. The van der Waals surface area contributed by atoms with E-state index in [9.17, 15) is 9.18 Å². The summed E-state index contributed by atoms with van der Waals surface area (Å²) in [5.74, 6) is 0.909. The Bertz CT molecular complexity index is 541. The van der Waals surface area contributed by atoms with Crippen molar-refractivity contribution in [3.05, 3.63) is 35.6 Å². The predicted octanol–water partition coefficient (Wildman–Crippen LogP) is 3.83. The van der Waals surface area contributed by atoms with Crippen molar-refractivity contribution in [3.8, 4) is 0 Å². The Kier molecular flexibility index (Phi) is 5.88. The number of amides is 1. The fourth-order valence-electron chi connectivity index (χ4n) is 3.71. The minimum Gasteiger partial charge on any atom is -0.338 e. The topological polar surface area (TPSA) is 23.6 Å². The van der Waals surface area contributed by atoms with Crippen molar-refractivity contribution in [2.45, 2.75) is 58.0 Å². The van der Waals surface area contributed by atoms with Gasteiger partial charge in [-0.25, -0.2) is 4.39 Å². The molecular formula is C20H29FN2O. The molecule has 1 atom stereocenters. The molecule has 1 unspecified atom stereocenters. The molecule has 1 aromatic carbocycles. The summed E-state index contributed by atoms with van der Waals surface area (Å²) < 4.78 is 13.0. The van der Waals surface area contributed by atoms with Gasteiger partial charge in [-0.3, -0.25) is 4.79 Å². The van der Waals surface area contributed by atoms with E-state index in [-0.39, 0.29) is 11.7 Å². The molecule has 3 rings (SSSR count). The highest BCUT2D eigenvalue weighted by Gasteiger charge is 2.30. The number of hydrogen-bond donors (Lipinski definition) is 0. The van der Waals surface area contributed by atoms with Gasteiger partial charge in [0.2, 0.25) is 5.91 Å². The van der Waals surface area contributed by atoms with Gasteiger partial charge in [0, 0.05) is 32.1 Å². The highest BCUT2D eigenvalue weighted by molar-refractivity contribution is 5.76. The molecule has 1 aliphatic heterocycles. The van der Waals surface area contributed by atoms with Crippen molar-refractivity contribution in [2.75, 3.05) is 19.6 Å². The van der Waals surface area contributed by atoms with Gasteiger partial charge in [0.15, 0.2) is 0 Å². The number of halogens is 1. The van der Waals surface area contributed by atoms with Gasteiger partial charge in [0.25, 0.3) is 0 Å². The van der Waals surface area contributed by atoms with Crippen LogP contribution in [0.25, 0.3) is 0 Å². The average molecular weight is 332 g/mol. The van der Waals surface area contributed by atoms with E-state index in [2.05, 4.69) is 11.8 Å². The Morgan fingerprint density at radius 3 is 2.58 bits per heavy atom. The third-order valence-corrected chi connectivity index (χ3v) is 5.28. The Morgan fingerprint density at radius 1 is 1.17 bits per heavy atom. The summed E-state index contributed by atoms with van der Waals surface area (Å²) in [6.45, 7) is 6.01. The zero-order valence-electron chi connectivity index (χ0n) is 14.7. The smallest absolute Gasteiger partial charge is 0.222 e. The molecule has 132 valence electrons. The monoisotopic (exact) mass is 332 g/mol. The Labute approximate surface area is 144 Å². The molecule has 3 nitrogen and oxygen atoms in total. The second kappa shape index (κ2) is 8.11. The molecular weight excluding hydrogens is 303 g/mol. The van der Waals surface area contributed by atoms with Crippen LogP contribution in [0.15, 0.2) is 24.3 Å². The predicted molar refractivity (Wildman–Crippen MR) is 94.0 cm³/mol. The van der Waals surface area contributed by atoms with Crippen LogP contribution in [0.3, 0.4) is 0 Å². The Hall–Kier alpha value is -1.42. The maximum absolute atomic E-state index is 13.0. The van der Waals surface area contributed by atoms with Crippen LogP contribution in [0.1, 0.15) is 51.0 Å². The molecule has 1 aromatic rings. The van der Waals surface area contributed by atoms with Gasteiger partial charge in [-0.1, -0.05) is 19.1 Å². The van der Waals surface area contributed by atoms with Gasteiger partial charge < -0.3 is 9.80 Å². The maximum atomic E-state index is 13.0. The third-order valence-electron chi connectivity index (χ3n) is 5.28. The average Bonchev–Trinajstić information content (AvgIpc) is 3.39. The lowest BCUT2D eigenvalue weighted by Gasteiger charge is -2.31. The summed E-state index contributed by atoms with van der Waals surface area (Å²) in [4.78, 5) is 17.1. The Morgan fingerprint density at radius 2 is 1.92 bits per heavy atom. The van der Waals surface area contributed by atoms with E-state index in [1.54, 1.807) is 12.1 Å². The second-order valence-corrected chi connectivity index (χ2v) is 7.36. The van der Waals surface area contributed by atoms with Gasteiger partial charge in [0.1, 0.15) is 5.82 Å². The van der Waals surface area contributed by atoms with Gasteiger partial charge in [-0.15, -0.1) is 0 Å². The number of rotatable bonds is 7. The molecule has 0 bridgehead atoms. The van der Waals surface area contributed by atoms with Gasteiger partial charge >= 0.3 is 0 Å². The number of carbonyl (C=O) groups is 1. The molecule has 1 heterocycles. The molecule has 1 amide bonds. The van der Waals surface area contributed by atoms with Crippen molar-refractivity contribution < 1.29 is 9.18 Å². The van der Waals surface area contributed by atoms with Crippen LogP contribution < -0.4 is 0 Å². The van der Waals surface area contributed by atoms with E-state index in [4.69, 9.17) is 0 Å². The van der Waals surface area contributed by atoms with E-state index in [1.807, 2.05) is 4.90 Å². The molecule has 4 heteroatoms. The van der Waals surface area contributed by atoms with Crippen LogP contribution in [-0.2, 0) is 11.3 Å². The first-order chi connectivity index (χ1) is 11.7. The van der Waals surface area contributed by atoms with Crippen LogP contribution in [0.2, 0.25) is 0 Å². The first kappa shape index (κ1) is 17.4. The van der Waals surface area contributed by atoms with Crippen molar-refractivity contribution in [1.82, 2.24) is 9.80 Å². The highest BCUT2D eigenvalue weighted by atomic mass is 19.1. The fourth-order valence-corrected chi connectivity index (χ4v) is 3.71. The second-order valence-electron chi connectivity index (χ2n) is 7.36. The number of hydrogen-bond acceptors (Lipinski definition) is 2. The summed E-state index contributed by atoms with van der Waals surface area (Å²) >= 11 is 0. The molecule has 1 saturated carbocycles. The molecule has 0 radical (unpaired) electrons. The Balaban J connectivity index is 1.59. The first-order valence-electron chi connectivity index (χ1n) is 9.42. The molecule has 1 saturated heterocycles. The number of carbonyl (C=O) groups excluding carboxylic acids is 1. The molecule has 0 spiro atoms. The number of benzene rings is 1. The largest absolute Gasteiger partial charge is 0.338 e. The van der Waals surface area contributed by atoms with Crippen LogP contribution >= 0.6 is 0 Å². The van der Waals surface area contributed by atoms with Crippen molar-refractivity contribution in [3.63, 3.8) is 0 Å². The normalized spacial score (nSPS) is 22.0. The lowest BCUT2D eigenvalue weighted by atomic mass is 10.1. The van der Waals surface area contributed by atoms with Crippen molar-refractivity contribution >= 4 is 5.91 Å². The van der Waals surface area contributed by atoms with Crippen molar-refractivity contribution in [1.29, 1.82) is 0 Å². The van der Waals surface area contributed by atoms with E-state index >= 15 is 0 Å². The standard InChI is InChI=1S/C20H29FN2O/c1-2-12-22(14-16-3-4-16)19-9-10-20(24)23(13-11-19)15-17-5-7-18(21)8-6-17/h5-8,16,19H,2-4,9-15H2,1H3. The lowest BCUT2D eigenvalue weighted by Crippen LogP contribution is -2.38. The van der Waals surface area contributed by atoms with Crippen LogP contribution in [0.4, 0.5) is 4.39 Å². The highest BCUT2D eigenvalue weighted by Crippen LogP contribution is 2.31. The quantitative estimate of drug-likeness (QED) is 0.758. The molecule has 1 aliphatic carbocycles. The van der Waals surface area contributed by atoms with E-state index in [0.717, 1.165) is 37.4 Å². The molecule has 24 heavy (non-hydrogen) atoms. The summed E-state index contributed by atoms with van der Waals surface area (Å²) in [5.41, 5.74) is 1.01. The summed E-state index contributed by atoms with van der Waals surface area (Å²) in [7, 11) is 0. The van der Waals surface area contributed by atoms with Crippen molar-refractivity contribution in [2.24, 2.45) is 5.92 Å².